The van der Waals surface area contributed by atoms with Crippen molar-refractivity contribution in [3.05, 3.63) is 46.6 Å². The van der Waals surface area contributed by atoms with Crippen molar-refractivity contribution in [2.24, 2.45) is 5.92 Å². The lowest BCUT2D eigenvalue weighted by atomic mass is 10.1. The first kappa shape index (κ1) is 15.8. The Hall–Kier alpha value is -2.38. The van der Waals surface area contributed by atoms with Crippen LogP contribution in [0.1, 0.15) is 21.1 Å². The van der Waals surface area contributed by atoms with Crippen molar-refractivity contribution in [2.75, 3.05) is 31.6 Å². The number of carbonyl (C=O) groups excluding carboxylic acids is 1. The molecule has 3 aromatic rings. The van der Waals surface area contributed by atoms with Crippen molar-refractivity contribution < 1.29 is 9.53 Å². The van der Waals surface area contributed by atoms with Crippen LogP contribution in [0.4, 0.5) is 5.13 Å². The molecule has 0 radical (unpaired) electrons. The first-order valence-electron chi connectivity index (χ1n) is 8.93. The van der Waals surface area contributed by atoms with Crippen molar-refractivity contribution in [1.29, 1.82) is 0 Å². The van der Waals surface area contributed by atoms with Gasteiger partial charge < -0.3 is 19.9 Å². The molecule has 1 saturated heterocycles. The van der Waals surface area contributed by atoms with Gasteiger partial charge in [-0.1, -0.05) is 29.5 Å². The number of hydrogen-bond acceptors (Lipinski definition) is 5. The molecule has 26 heavy (non-hydrogen) atoms. The van der Waals surface area contributed by atoms with Crippen LogP contribution in [0.25, 0.3) is 10.9 Å². The summed E-state index contributed by atoms with van der Waals surface area (Å²) in [6, 6.07) is 9.91. The number of para-hydroxylation sites is 1. The first-order chi connectivity index (χ1) is 12.8. The summed E-state index contributed by atoms with van der Waals surface area (Å²) in [7, 11) is 0. The van der Waals surface area contributed by atoms with Gasteiger partial charge in [-0.2, -0.15) is 0 Å². The van der Waals surface area contributed by atoms with Gasteiger partial charge in [0, 0.05) is 41.2 Å². The van der Waals surface area contributed by atoms with E-state index in [2.05, 4.69) is 10.3 Å². The minimum atomic E-state index is 0.0568. The second kappa shape index (κ2) is 6.41. The minimum absolute atomic E-state index is 0.0568. The third-order valence-corrected chi connectivity index (χ3v) is 6.07. The number of thiazole rings is 1. The van der Waals surface area contributed by atoms with Gasteiger partial charge in [0.1, 0.15) is 5.69 Å². The van der Waals surface area contributed by atoms with Crippen LogP contribution in [0.5, 0.6) is 0 Å². The Labute approximate surface area is 155 Å². The first-order valence-corrected chi connectivity index (χ1v) is 9.75. The topological polar surface area (TPSA) is 70.2 Å². The number of nitrogens with zero attached hydrogens (tertiary/aromatic N) is 2. The molecule has 7 heteroatoms. The zero-order valence-electron chi connectivity index (χ0n) is 14.3. The molecule has 0 aliphatic carbocycles. The van der Waals surface area contributed by atoms with Crippen molar-refractivity contribution in [3.8, 4) is 0 Å². The average Bonchev–Trinajstić information content (AvgIpc) is 3.22. The number of ether oxygens (including phenoxy) is 1. The van der Waals surface area contributed by atoms with E-state index in [9.17, 15) is 4.79 Å². The molecule has 0 bridgehead atoms. The van der Waals surface area contributed by atoms with Gasteiger partial charge in [0.05, 0.1) is 25.5 Å². The van der Waals surface area contributed by atoms with Crippen LogP contribution in [0.15, 0.2) is 30.3 Å². The van der Waals surface area contributed by atoms with E-state index in [1.54, 1.807) is 11.3 Å². The van der Waals surface area contributed by atoms with Gasteiger partial charge >= 0.3 is 0 Å². The molecule has 2 aliphatic heterocycles. The summed E-state index contributed by atoms with van der Waals surface area (Å²) in [5, 5.41) is 5.44. The maximum absolute atomic E-state index is 12.9. The van der Waals surface area contributed by atoms with Gasteiger partial charge in [0.2, 0.25) is 0 Å². The Balaban J connectivity index is 1.29. The van der Waals surface area contributed by atoms with Crippen LogP contribution in [0.3, 0.4) is 0 Å². The maximum Gasteiger partial charge on any atom is 0.270 e. The number of aromatic amines is 1. The van der Waals surface area contributed by atoms with Crippen LogP contribution in [-0.2, 0) is 17.7 Å². The normalized spacial score (nSPS) is 17.2. The third-order valence-electron chi connectivity index (χ3n) is 5.03. The van der Waals surface area contributed by atoms with Gasteiger partial charge in [-0.15, -0.1) is 0 Å². The Bertz CT molecular complexity index is 927. The Morgan fingerprint density at radius 3 is 3.08 bits per heavy atom. The summed E-state index contributed by atoms with van der Waals surface area (Å²) >= 11 is 1.67. The van der Waals surface area contributed by atoms with Crippen LogP contribution >= 0.6 is 11.3 Å². The monoisotopic (exact) mass is 368 g/mol. The number of anilines is 1. The molecule has 4 heterocycles. The fraction of sp³-hybridized carbons (Fsp3) is 0.368. The highest BCUT2D eigenvalue weighted by atomic mass is 32.1. The van der Waals surface area contributed by atoms with Crippen LogP contribution < -0.4 is 5.32 Å². The van der Waals surface area contributed by atoms with E-state index in [4.69, 9.17) is 9.72 Å². The standard InChI is InChI=1S/C19H20N4O2S/c24-18(16-7-13-3-1-2-4-14(13)21-16)23-6-5-15-17(9-23)26-19(22-15)20-8-12-10-25-11-12/h1-4,7,12,21H,5-6,8-11H2,(H,20,22). The van der Waals surface area contributed by atoms with E-state index < -0.39 is 0 Å². The van der Waals surface area contributed by atoms with E-state index in [1.165, 1.54) is 4.88 Å². The highest BCUT2D eigenvalue weighted by Crippen LogP contribution is 2.29. The third kappa shape index (κ3) is 2.87. The summed E-state index contributed by atoms with van der Waals surface area (Å²) in [4.78, 5) is 23.9. The Morgan fingerprint density at radius 2 is 2.27 bits per heavy atom. The lowest BCUT2D eigenvalue weighted by molar-refractivity contribution is -0.0248. The fourth-order valence-corrected chi connectivity index (χ4v) is 4.47. The SMILES string of the molecule is O=C(c1cc2ccccc2[nH]1)N1CCc2nc(NCC3COC3)sc2C1. The maximum atomic E-state index is 12.9. The van der Waals surface area contributed by atoms with E-state index in [0.29, 0.717) is 24.7 Å². The fourth-order valence-electron chi connectivity index (χ4n) is 3.44. The molecule has 0 unspecified atom stereocenters. The van der Waals surface area contributed by atoms with Gasteiger partial charge in [-0.25, -0.2) is 4.98 Å². The molecular weight excluding hydrogens is 348 g/mol. The summed E-state index contributed by atoms with van der Waals surface area (Å²) in [5.41, 5.74) is 2.78. The molecule has 0 spiro atoms. The average molecular weight is 368 g/mol. The van der Waals surface area contributed by atoms with Crippen molar-refractivity contribution in [2.45, 2.75) is 13.0 Å². The van der Waals surface area contributed by atoms with Gasteiger partial charge in [-0.05, 0) is 12.1 Å². The van der Waals surface area contributed by atoms with E-state index in [0.717, 1.165) is 47.9 Å². The predicted molar refractivity (Wildman–Crippen MR) is 102 cm³/mol. The lowest BCUT2D eigenvalue weighted by Gasteiger charge is -2.25. The number of H-pyrrole nitrogens is 1. The van der Waals surface area contributed by atoms with Crippen LogP contribution in [-0.4, -0.2) is 47.1 Å². The zero-order chi connectivity index (χ0) is 17.5. The Morgan fingerprint density at radius 1 is 1.38 bits per heavy atom. The molecule has 134 valence electrons. The number of amides is 1. The van der Waals surface area contributed by atoms with Crippen molar-refractivity contribution in [1.82, 2.24) is 14.9 Å². The molecular formula is C19H20N4O2S. The van der Waals surface area contributed by atoms with Crippen molar-refractivity contribution in [3.63, 3.8) is 0 Å². The largest absolute Gasteiger partial charge is 0.381 e. The van der Waals surface area contributed by atoms with E-state index in [1.807, 2.05) is 35.2 Å². The summed E-state index contributed by atoms with van der Waals surface area (Å²) < 4.78 is 5.20. The molecule has 2 aliphatic rings. The van der Waals surface area contributed by atoms with E-state index >= 15 is 0 Å². The Kier molecular flexibility index (Phi) is 3.90. The minimum Gasteiger partial charge on any atom is -0.381 e. The number of fused-ring (bicyclic) bond motifs is 2. The van der Waals surface area contributed by atoms with Crippen LogP contribution in [0, 0.1) is 5.92 Å². The van der Waals surface area contributed by atoms with E-state index in [-0.39, 0.29) is 5.91 Å². The summed E-state index contributed by atoms with van der Waals surface area (Å²) in [6.45, 7) is 3.93. The highest BCUT2D eigenvalue weighted by molar-refractivity contribution is 7.15. The van der Waals surface area contributed by atoms with Crippen LogP contribution in [0.2, 0.25) is 0 Å². The molecule has 1 amide bonds. The molecule has 0 atom stereocenters. The molecule has 1 aromatic carbocycles. The second-order valence-corrected chi connectivity index (χ2v) is 8.00. The van der Waals surface area contributed by atoms with Gasteiger partial charge in [0.25, 0.3) is 5.91 Å². The van der Waals surface area contributed by atoms with Gasteiger partial charge in [0.15, 0.2) is 5.13 Å². The van der Waals surface area contributed by atoms with Crippen molar-refractivity contribution >= 4 is 33.3 Å². The number of nitrogens with one attached hydrogen (secondary N) is 2. The number of benzene rings is 1. The molecule has 6 nitrogen and oxygen atoms in total. The number of rotatable bonds is 4. The quantitative estimate of drug-likeness (QED) is 0.743. The molecule has 1 fully saturated rings. The lowest BCUT2D eigenvalue weighted by Crippen LogP contribution is -2.35. The predicted octanol–water partition coefficient (Wildman–Crippen LogP) is 2.88. The number of carbonyl (C=O) groups is 1. The highest BCUT2D eigenvalue weighted by Gasteiger charge is 2.26. The molecule has 0 saturated carbocycles. The smallest absolute Gasteiger partial charge is 0.270 e. The molecule has 2 aromatic heterocycles. The molecule has 5 rings (SSSR count). The van der Waals surface area contributed by atoms with Gasteiger partial charge in [-0.3, -0.25) is 4.79 Å². The second-order valence-electron chi connectivity index (χ2n) is 6.92. The number of aromatic nitrogens is 2. The zero-order valence-corrected chi connectivity index (χ0v) is 15.1. The summed E-state index contributed by atoms with van der Waals surface area (Å²) in [6.07, 6.45) is 0.812. The molecule has 2 N–H and O–H groups in total. The summed E-state index contributed by atoms with van der Waals surface area (Å²) in [5.74, 6) is 0.650. The number of hydrogen-bond donors (Lipinski definition) is 2.